The first-order valence-corrected chi connectivity index (χ1v) is 11.2. The van der Waals surface area contributed by atoms with Crippen molar-refractivity contribution in [1.82, 2.24) is 20.0 Å². The van der Waals surface area contributed by atoms with Crippen LogP contribution in [0.3, 0.4) is 0 Å². The Balaban J connectivity index is 1.72. The van der Waals surface area contributed by atoms with Crippen LogP contribution < -0.4 is 5.32 Å². The van der Waals surface area contributed by atoms with E-state index in [1.54, 1.807) is 0 Å². The van der Waals surface area contributed by atoms with E-state index in [2.05, 4.69) is 25.7 Å². The third-order valence-electron chi connectivity index (χ3n) is 5.14. The van der Waals surface area contributed by atoms with E-state index in [4.69, 9.17) is 9.84 Å². The standard InChI is InChI=1S/C20H32N4O2S/c1-4-8-24-18-6-5-16(21-7-11-26-15(2)3)14-17(18)19(22-24)20(25)23-9-12-27-13-10-23/h4,15-16,21H,1,5-14H2,2-3H3/t16-/m0/s1. The summed E-state index contributed by atoms with van der Waals surface area (Å²) in [5, 5.41) is 8.30. The predicted octanol–water partition coefficient (Wildman–Crippen LogP) is 2.13. The summed E-state index contributed by atoms with van der Waals surface area (Å²) in [5.74, 6) is 2.13. The van der Waals surface area contributed by atoms with Crippen LogP contribution in [0.2, 0.25) is 0 Å². The molecule has 150 valence electrons. The van der Waals surface area contributed by atoms with E-state index < -0.39 is 0 Å². The molecule has 27 heavy (non-hydrogen) atoms. The van der Waals surface area contributed by atoms with Gasteiger partial charge in [0.1, 0.15) is 0 Å². The first-order valence-electron chi connectivity index (χ1n) is 10.0. The van der Waals surface area contributed by atoms with Crippen LogP contribution in [0.1, 0.15) is 42.0 Å². The van der Waals surface area contributed by atoms with Gasteiger partial charge in [0, 0.05) is 48.4 Å². The van der Waals surface area contributed by atoms with Crippen LogP contribution in [0.15, 0.2) is 12.7 Å². The lowest BCUT2D eigenvalue weighted by atomic mass is 9.91. The molecule has 1 aromatic heterocycles. The lowest BCUT2D eigenvalue weighted by Gasteiger charge is -2.27. The third-order valence-corrected chi connectivity index (χ3v) is 6.08. The van der Waals surface area contributed by atoms with Crippen molar-refractivity contribution in [2.75, 3.05) is 37.7 Å². The number of nitrogens with zero attached hydrogens (tertiary/aromatic N) is 3. The topological polar surface area (TPSA) is 59.4 Å². The maximum atomic E-state index is 13.1. The van der Waals surface area contributed by atoms with Crippen LogP contribution in [0, 0.1) is 0 Å². The molecular weight excluding hydrogens is 360 g/mol. The number of allylic oxidation sites excluding steroid dienone is 1. The Morgan fingerprint density at radius 1 is 1.44 bits per heavy atom. The Morgan fingerprint density at radius 3 is 2.93 bits per heavy atom. The Labute approximate surface area is 166 Å². The van der Waals surface area contributed by atoms with Gasteiger partial charge in [0.2, 0.25) is 0 Å². The second kappa shape index (κ2) is 9.75. The minimum atomic E-state index is 0.0955. The summed E-state index contributed by atoms with van der Waals surface area (Å²) in [7, 11) is 0. The van der Waals surface area contributed by atoms with Crippen molar-refractivity contribution in [3.8, 4) is 0 Å². The Hall–Kier alpha value is -1.31. The number of carbonyl (C=O) groups excluding carboxylic acids is 1. The van der Waals surface area contributed by atoms with Crippen LogP contribution in [0.4, 0.5) is 0 Å². The monoisotopic (exact) mass is 392 g/mol. The number of rotatable bonds is 8. The molecule has 0 unspecified atom stereocenters. The van der Waals surface area contributed by atoms with Gasteiger partial charge in [-0.15, -0.1) is 6.58 Å². The van der Waals surface area contributed by atoms with Crippen LogP contribution in [0.25, 0.3) is 0 Å². The summed E-state index contributed by atoms with van der Waals surface area (Å²) in [6.07, 6.45) is 4.98. The highest BCUT2D eigenvalue weighted by molar-refractivity contribution is 7.99. The molecule has 1 aromatic rings. The van der Waals surface area contributed by atoms with Crippen molar-refractivity contribution in [3.05, 3.63) is 29.6 Å². The fourth-order valence-electron chi connectivity index (χ4n) is 3.78. The number of hydrogen-bond donors (Lipinski definition) is 1. The summed E-state index contributed by atoms with van der Waals surface area (Å²) in [4.78, 5) is 15.1. The second-order valence-electron chi connectivity index (χ2n) is 7.46. The van der Waals surface area contributed by atoms with Crippen molar-refractivity contribution in [2.45, 2.75) is 51.8 Å². The largest absolute Gasteiger partial charge is 0.377 e. The summed E-state index contributed by atoms with van der Waals surface area (Å²) in [6, 6.07) is 0.373. The van der Waals surface area contributed by atoms with Crippen molar-refractivity contribution in [3.63, 3.8) is 0 Å². The van der Waals surface area contributed by atoms with Crippen molar-refractivity contribution < 1.29 is 9.53 Å². The van der Waals surface area contributed by atoms with Gasteiger partial charge >= 0.3 is 0 Å². The Kier molecular flexibility index (Phi) is 7.38. The van der Waals surface area contributed by atoms with Crippen molar-refractivity contribution in [1.29, 1.82) is 0 Å². The van der Waals surface area contributed by atoms with E-state index in [1.165, 1.54) is 5.69 Å². The van der Waals surface area contributed by atoms with Gasteiger partial charge in [-0.05, 0) is 33.1 Å². The molecule has 0 aromatic carbocycles. The average molecular weight is 393 g/mol. The first kappa shape index (κ1) is 20.4. The summed E-state index contributed by atoms with van der Waals surface area (Å²) >= 11 is 1.91. The van der Waals surface area contributed by atoms with Gasteiger partial charge in [0.25, 0.3) is 5.91 Å². The fraction of sp³-hybridized carbons (Fsp3) is 0.700. The maximum Gasteiger partial charge on any atom is 0.274 e. The van der Waals surface area contributed by atoms with Gasteiger partial charge in [-0.25, -0.2) is 0 Å². The highest BCUT2D eigenvalue weighted by atomic mass is 32.2. The van der Waals surface area contributed by atoms with Crippen LogP contribution in [-0.4, -0.2) is 70.5 Å². The van der Waals surface area contributed by atoms with Crippen LogP contribution in [0.5, 0.6) is 0 Å². The van der Waals surface area contributed by atoms with Crippen molar-refractivity contribution >= 4 is 17.7 Å². The van der Waals surface area contributed by atoms with Gasteiger partial charge in [0.15, 0.2) is 5.69 Å². The molecule has 1 amide bonds. The number of thioether (sulfide) groups is 1. The Bertz CT molecular complexity index is 653. The molecule has 3 rings (SSSR count). The molecule has 2 aliphatic rings. The van der Waals surface area contributed by atoms with Crippen LogP contribution in [-0.2, 0) is 24.1 Å². The number of nitrogens with one attached hydrogen (secondary N) is 1. The zero-order chi connectivity index (χ0) is 19.2. The smallest absolute Gasteiger partial charge is 0.274 e. The highest BCUT2D eigenvalue weighted by Gasteiger charge is 2.31. The molecule has 1 atom stereocenters. The zero-order valence-electron chi connectivity index (χ0n) is 16.6. The fourth-order valence-corrected chi connectivity index (χ4v) is 4.68. The maximum absolute atomic E-state index is 13.1. The van der Waals surface area contributed by atoms with E-state index in [0.29, 0.717) is 24.9 Å². The molecule has 1 aliphatic carbocycles. The van der Waals surface area contributed by atoms with E-state index in [0.717, 1.165) is 56.0 Å². The minimum absolute atomic E-state index is 0.0955. The molecule has 0 radical (unpaired) electrons. The quantitative estimate of drug-likeness (QED) is 0.543. The van der Waals surface area contributed by atoms with E-state index in [1.807, 2.05) is 27.4 Å². The Morgan fingerprint density at radius 2 is 2.22 bits per heavy atom. The van der Waals surface area contributed by atoms with Crippen LogP contribution >= 0.6 is 11.8 Å². The van der Waals surface area contributed by atoms with Gasteiger partial charge < -0.3 is 15.0 Å². The van der Waals surface area contributed by atoms with Gasteiger partial charge in [0.05, 0.1) is 19.3 Å². The predicted molar refractivity (Wildman–Crippen MR) is 111 cm³/mol. The number of hydrogen-bond acceptors (Lipinski definition) is 5. The highest BCUT2D eigenvalue weighted by Crippen LogP contribution is 2.26. The molecule has 0 saturated carbocycles. The molecule has 2 heterocycles. The summed E-state index contributed by atoms with van der Waals surface area (Å²) < 4.78 is 7.61. The number of aromatic nitrogens is 2. The number of amides is 1. The molecular formula is C20H32N4O2S. The summed E-state index contributed by atoms with van der Waals surface area (Å²) in [5.41, 5.74) is 3.00. The molecule has 0 bridgehead atoms. The molecule has 6 nitrogen and oxygen atoms in total. The summed E-state index contributed by atoms with van der Waals surface area (Å²) in [6.45, 7) is 11.8. The van der Waals surface area contributed by atoms with E-state index >= 15 is 0 Å². The normalized spacial score (nSPS) is 20.0. The molecule has 1 aliphatic heterocycles. The number of fused-ring (bicyclic) bond motifs is 1. The van der Waals surface area contributed by atoms with Crippen molar-refractivity contribution in [2.24, 2.45) is 0 Å². The van der Waals surface area contributed by atoms with Gasteiger partial charge in [-0.2, -0.15) is 16.9 Å². The lowest BCUT2D eigenvalue weighted by molar-refractivity contribution is 0.0761. The molecule has 1 N–H and O–H groups in total. The zero-order valence-corrected chi connectivity index (χ0v) is 17.4. The second-order valence-corrected chi connectivity index (χ2v) is 8.69. The minimum Gasteiger partial charge on any atom is -0.377 e. The van der Waals surface area contributed by atoms with E-state index in [-0.39, 0.29) is 12.0 Å². The number of ether oxygens (including phenoxy) is 1. The third kappa shape index (κ3) is 5.15. The average Bonchev–Trinajstić information content (AvgIpc) is 3.03. The lowest BCUT2D eigenvalue weighted by Crippen LogP contribution is -2.40. The molecule has 1 fully saturated rings. The van der Waals surface area contributed by atoms with Gasteiger partial charge in [-0.3, -0.25) is 9.48 Å². The number of carbonyl (C=O) groups is 1. The van der Waals surface area contributed by atoms with Gasteiger partial charge in [-0.1, -0.05) is 6.08 Å². The SMILES string of the molecule is C=CCn1nc(C(=O)N2CCSCC2)c2c1CC[C@H](NCCOC(C)C)C2. The van der Waals surface area contributed by atoms with E-state index in [9.17, 15) is 4.79 Å². The molecule has 7 heteroatoms. The molecule has 1 saturated heterocycles. The first-order chi connectivity index (χ1) is 13.1. The molecule has 0 spiro atoms.